The van der Waals surface area contributed by atoms with Crippen LogP contribution in [0.3, 0.4) is 0 Å². The number of rotatable bonds is 3. The third kappa shape index (κ3) is 3.65. The van der Waals surface area contributed by atoms with Crippen molar-refractivity contribution >= 4 is 5.90 Å². The lowest BCUT2D eigenvalue weighted by atomic mass is 10.2. The fourth-order valence-corrected chi connectivity index (χ4v) is 0.440. The van der Waals surface area contributed by atoms with Gasteiger partial charge in [-0.3, -0.25) is 0 Å². The highest BCUT2D eigenvalue weighted by molar-refractivity contribution is 5.70. The van der Waals surface area contributed by atoms with Crippen LogP contribution in [0.15, 0.2) is 4.99 Å². The second-order valence-electron chi connectivity index (χ2n) is 1.72. The molecule has 0 aliphatic heterocycles. The number of aliphatic imine (C=N–C) groups is 1. The average molecular weight is 114 g/mol. The Morgan fingerprint density at radius 1 is 1.62 bits per heavy atom. The maximum absolute atomic E-state index is 10.4. The van der Waals surface area contributed by atoms with Gasteiger partial charge in [0.2, 0.25) is 0 Å². The summed E-state index contributed by atoms with van der Waals surface area (Å²) in [6.45, 7) is 2.06. The molecule has 0 unspecified atom stereocenters. The molecule has 0 aliphatic rings. The van der Waals surface area contributed by atoms with E-state index in [2.05, 4.69) is 11.9 Å². The third-order valence-electron chi connectivity index (χ3n) is 0.994. The van der Waals surface area contributed by atoms with Crippen LogP contribution in [-0.4, -0.2) is 12.9 Å². The number of hydrogen-bond acceptors (Lipinski definition) is 2. The van der Waals surface area contributed by atoms with E-state index in [4.69, 9.17) is 0 Å². The number of nitrogens with zero attached hydrogens (tertiary/aromatic N) is 1. The first-order valence-corrected chi connectivity index (χ1v) is 2.94. The van der Waals surface area contributed by atoms with Crippen LogP contribution in [0.4, 0.5) is 0 Å². The van der Waals surface area contributed by atoms with E-state index < -0.39 is 0 Å². The number of hydrogen-bond donors (Lipinski definition) is 0. The molecule has 0 atom stereocenters. The molecule has 0 aromatic rings. The largest absolute Gasteiger partial charge is 0.862 e. The Kier molecular flexibility index (Phi) is 4.32. The van der Waals surface area contributed by atoms with E-state index in [1.54, 1.807) is 0 Å². The summed E-state index contributed by atoms with van der Waals surface area (Å²) in [5.41, 5.74) is 0. The predicted molar refractivity (Wildman–Crippen MR) is 32.9 cm³/mol. The quantitative estimate of drug-likeness (QED) is 0.390. The SMILES string of the molecule is CCCCC([O-])=NC. The molecule has 2 nitrogen and oxygen atoms in total. The molecule has 8 heavy (non-hydrogen) atoms. The summed E-state index contributed by atoms with van der Waals surface area (Å²) in [4.78, 5) is 3.49. The molecule has 0 saturated carbocycles. The van der Waals surface area contributed by atoms with Gasteiger partial charge >= 0.3 is 0 Å². The number of unbranched alkanes of at least 4 members (excludes halogenated alkanes) is 1. The minimum Gasteiger partial charge on any atom is -0.862 e. The van der Waals surface area contributed by atoms with E-state index >= 15 is 0 Å². The molecular weight excluding hydrogens is 102 g/mol. The van der Waals surface area contributed by atoms with E-state index in [1.165, 1.54) is 7.05 Å². The lowest BCUT2D eigenvalue weighted by Crippen LogP contribution is -2.16. The van der Waals surface area contributed by atoms with Gasteiger partial charge in [-0.05, 0) is 18.7 Å². The molecule has 0 aliphatic carbocycles. The van der Waals surface area contributed by atoms with Gasteiger partial charge < -0.3 is 10.1 Å². The van der Waals surface area contributed by atoms with Crippen molar-refractivity contribution in [1.29, 1.82) is 0 Å². The molecular formula is C6H12NO-. The molecule has 0 rings (SSSR count). The Bertz CT molecular complexity index is 78.6. The van der Waals surface area contributed by atoms with Crippen molar-refractivity contribution in [2.24, 2.45) is 4.99 Å². The van der Waals surface area contributed by atoms with Crippen LogP contribution < -0.4 is 5.11 Å². The lowest BCUT2D eigenvalue weighted by Gasteiger charge is -2.05. The average Bonchev–Trinajstić information content (AvgIpc) is 1.83. The lowest BCUT2D eigenvalue weighted by molar-refractivity contribution is -0.218. The minimum absolute atomic E-state index is 0.0202. The summed E-state index contributed by atoms with van der Waals surface area (Å²) < 4.78 is 0. The molecule has 0 aromatic carbocycles. The van der Waals surface area contributed by atoms with Crippen molar-refractivity contribution in [2.45, 2.75) is 26.2 Å². The molecule has 0 amide bonds. The van der Waals surface area contributed by atoms with Gasteiger partial charge in [-0.15, -0.1) is 0 Å². The van der Waals surface area contributed by atoms with Crippen LogP contribution >= 0.6 is 0 Å². The van der Waals surface area contributed by atoms with Crippen LogP contribution in [0.25, 0.3) is 0 Å². The van der Waals surface area contributed by atoms with Gasteiger partial charge in [0.05, 0.1) is 0 Å². The molecule has 0 saturated heterocycles. The van der Waals surface area contributed by atoms with Crippen molar-refractivity contribution < 1.29 is 5.11 Å². The fourth-order valence-electron chi connectivity index (χ4n) is 0.440. The first kappa shape index (κ1) is 7.47. The summed E-state index contributed by atoms with van der Waals surface area (Å²) in [6, 6.07) is 0. The highest BCUT2D eigenvalue weighted by Gasteiger charge is 1.79. The van der Waals surface area contributed by atoms with Crippen molar-refractivity contribution in [3.05, 3.63) is 0 Å². The molecule has 0 aromatic heterocycles. The van der Waals surface area contributed by atoms with Crippen LogP contribution in [0.2, 0.25) is 0 Å². The molecule has 0 heterocycles. The van der Waals surface area contributed by atoms with E-state index in [0.29, 0.717) is 6.42 Å². The van der Waals surface area contributed by atoms with Crippen LogP contribution in [-0.2, 0) is 0 Å². The first-order chi connectivity index (χ1) is 3.81. The standard InChI is InChI=1S/C6H13NO/c1-3-4-5-6(8)7-2/h3-5H2,1-2H3,(H,7,8)/p-1. The van der Waals surface area contributed by atoms with Crippen molar-refractivity contribution in [1.82, 2.24) is 0 Å². The van der Waals surface area contributed by atoms with Gasteiger partial charge in [0, 0.05) is 7.05 Å². The second kappa shape index (κ2) is 4.62. The van der Waals surface area contributed by atoms with Crippen molar-refractivity contribution in [2.75, 3.05) is 7.05 Å². The Labute approximate surface area is 50.3 Å². The molecule has 0 spiro atoms. The topological polar surface area (TPSA) is 35.4 Å². The summed E-state index contributed by atoms with van der Waals surface area (Å²) >= 11 is 0. The van der Waals surface area contributed by atoms with E-state index in [9.17, 15) is 5.11 Å². The first-order valence-electron chi connectivity index (χ1n) is 2.94. The van der Waals surface area contributed by atoms with E-state index in [0.717, 1.165) is 12.8 Å². The maximum Gasteiger partial charge on any atom is 0.0265 e. The molecule has 0 radical (unpaired) electrons. The Balaban J connectivity index is 3.12. The van der Waals surface area contributed by atoms with Crippen LogP contribution in [0.5, 0.6) is 0 Å². The molecule has 0 bridgehead atoms. The highest BCUT2D eigenvalue weighted by Crippen LogP contribution is 1.91. The molecule has 2 heteroatoms. The van der Waals surface area contributed by atoms with Gasteiger partial charge in [-0.2, -0.15) is 0 Å². The van der Waals surface area contributed by atoms with Gasteiger partial charge in [0.25, 0.3) is 0 Å². The molecule has 48 valence electrons. The van der Waals surface area contributed by atoms with Gasteiger partial charge in [-0.25, -0.2) is 0 Å². The Morgan fingerprint density at radius 2 is 2.25 bits per heavy atom. The third-order valence-corrected chi connectivity index (χ3v) is 0.994. The zero-order valence-corrected chi connectivity index (χ0v) is 5.48. The summed E-state index contributed by atoms with van der Waals surface area (Å²) in [5.74, 6) is 0.0202. The van der Waals surface area contributed by atoms with Crippen LogP contribution in [0.1, 0.15) is 26.2 Å². The normalized spacial score (nSPS) is 12.0. The molecule has 0 fully saturated rings. The van der Waals surface area contributed by atoms with Crippen molar-refractivity contribution in [3.8, 4) is 0 Å². The maximum atomic E-state index is 10.4. The van der Waals surface area contributed by atoms with Gasteiger partial charge in [-0.1, -0.05) is 13.3 Å². The predicted octanol–water partition coefficient (Wildman–Crippen LogP) is 0.565. The Morgan fingerprint density at radius 3 is 2.62 bits per heavy atom. The zero-order chi connectivity index (χ0) is 6.41. The Hall–Kier alpha value is -0.530. The van der Waals surface area contributed by atoms with Crippen LogP contribution in [0, 0.1) is 0 Å². The summed E-state index contributed by atoms with van der Waals surface area (Å²) in [6.07, 6.45) is 2.66. The summed E-state index contributed by atoms with van der Waals surface area (Å²) in [5, 5.41) is 10.4. The second-order valence-corrected chi connectivity index (χ2v) is 1.72. The van der Waals surface area contributed by atoms with E-state index in [-0.39, 0.29) is 5.90 Å². The van der Waals surface area contributed by atoms with Gasteiger partial charge in [0.15, 0.2) is 0 Å². The fraction of sp³-hybridized carbons (Fsp3) is 0.833. The monoisotopic (exact) mass is 114 g/mol. The minimum atomic E-state index is 0.0202. The summed E-state index contributed by atoms with van der Waals surface area (Å²) in [7, 11) is 1.54. The van der Waals surface area contributed by atoms with Crippen molar-refractivity contribution in [3.63, 3.8) is 0 Å². The highest BCUT2D eigenvalue weighted by atomic mass is 16.3. The van der Waals surface area contributed by atoms with Gasteiger partial charge in [0.1, 0.15) is 0 Å². The smallest absolute Gasteiger partial charge is 0.0265 e. The molecule has 0 N–H and O–H groups in total. The van der Waals surface area contributed by atoms with E-state index in [1.807, 2.05) is 0 Å². The zero-order valence-electron chi connectivity index (χ0n) is 5.48.